The second-order valence-corrected chi connectivity index (χ2v) is 3.15. The summed E-state index contributed by atoms with van der Waals surface area (Å²) in [4.78, 5) is 1.82. The van der Waals surface area contributed by atoms with E-state index < -0.39 is 0 Å². The van der Waals surface area contributed by atoms with Crippen molar-refractivity contribution in [3.05, 3.63) is 22.9 Å². The van der Waals surface area contributed by atoms with Crippen LogP contribution in [0.2, 0.25) is 0 Å². The second kappa shape index (κ2) is 2.85. The second-order valence-electron chi connectivity index (χ2n) is 2.35. The normalized spacial score (nSPS) is 26.0. The molecule has 0 N–H and O–H groups in total. The number of nitrogens with zero attached hydrogens (tertiary/aromatic N) is 1. The average Bonchev–Trinajstić information content (AvgIpc) is 1.93. The van der Waals surface area contributed by atoms with Gasteiger partial charge in [-0.15, -0.1) is 0 Å². The molecule has 0 saturated carbocycles. The average molecular weight is 178 g/mol. The minimum atomic E-state index is -0.0856. The lowest BCUT2D eigenvalue weighted by Crippen LogP contribution is -2.27. The lowest BCUT2D eigenvalue weighted by Gasteiger charge is -2.27. The van der Waals surface area contributed by atoms with Gasteiger partial charge in [-0.3, -0.25) is 0 Å². The molecule has 0 saturated heterocycles. The van der Waals surface area contributed by atoms with E-state index in [-0.39, 0.29) is 5.50 Å². The van der Waals surface area contributed by atoms with Crippen LogP contribution in [0.1, 0.15) is 6.92 Å². The molecule has 10 heavy (non-hydrogen) atoms. The number of alkyl halides is 1. The van der Waals surface area contributed by atoms with E-state index in [1.165, 1.54) is 0 Å². The van der Waals surface area contributed by atoms with E-state index >= 15 is 0 Å². The number of hydrogen-bond acceptors (Lipinski definition) is 1. The van der Waals surface area contributed by atoms with Crippen LogP contribution in [0.15, 0.2) is 22.9 Å². The van der Waals surface area contributed by atoms with Gasteiger partial charge in [0.05, 0.1) is 0 Å². The van der Waals surface area contributed by atoms with Crippen LogP contribution in [0.3, 0.4) is 0 Å². The van der Waals surface area contributed by atoms with Gasteiger partial charge in [-0.1, -0.05) is 29.3 Å². The summed E-state index contributed by atoms with van der Waals surface area (Å²) in [6.07, 6.45) is 3.77. The van der Waals surface area contributed by atoms with Crippen LogP contribution >= 0.6 is 23.2 Å². The molecular weight excluding hydrogens is 169 g/mol. The Kier molecular flexibility index (Phi) is 2.27. The van der Waals surface area contributed by atoms with Crippen LogP contribution in [0.5, 0.6) is 0 Å². The highest BCUT2D eigenvalue weighted by atomic mass is 35.5. The van der Waals surface area contributed by atoms with Crippen molar-refractivity contribution in [3.63, 3.8) is 0 Å². The van der Waals surface area contributed by atoms with Crippen molar-refractivity contribution in [1.82, 2.24) is 4.90 Å². The van der Waals surface area contributed by atoms with E-state index in [0.717, 1.165) is 5.57 Å². The Morgan fingerprint density at radius 3 is 2.60 bits per heavy atom. The van der Waals surface area contributed by atoms with Gasteiger partial charge in [-0.05, 0) is 18.6 Å². The molecule has 0 aromatic carbocycles. The maximum absolute atomic E-state index is 5.94. The summed E-state index contributed by atoms with van der Waals surface area (Å²) in [6, 6.07) is 0. The lowest BCUT2D eigenvalue weighted by atomic mass is 10.2. The number of likely N-dealkylation sites (N-methyl/N-ethyl adjacent to an activating group) is 1. The molecular formula is C7H9Cl2N. The monoisotopic (exact) mass is 177 g/mol. The SMILES string of the molecule is CC1=CC=C(Cl)N(C)C1Cl. The molecule has 0 amide bonds. The van der Waals surface area contributed by atoms with Gasteiger partial charge in [0.1, 0.15) is 10.7 Å². The van der Waals surface area contributed by atoms with E-state index in [1.54, 1.807) is 0 Å². The number of halogens is 2. The van der Waals surface area contributed by atoms with Crippen molar-refractivity contribution in [2.45, 2.75) is 12.4 Å². The molecule has 0 aromatic heterocycles. The zero-order chi connectivity index (χ0) is 7.72. The van der Waals surface area contributed by atoms with Crippen LogP contribution in [0.4, 0.5) is 0 Å². The van der Waals surface area contributed by atoms with Gasteiger partial charge in [-0.25, -0.2) is 0 Å². The highest BCUT2D eigenvalue weighted by molar-refractivity contribution is 6.30. The predicted octanol–water partition coefficient (Wildman–Crippen LogP) is 2.52. The molecule has 0 spiro atoms. The molecule has 56 valence electrons. The van der Waals surface area contributed by atoms with Gasteiger partial charge in [0.25, 0.3) is 0 Å². The lowest BCUT2D eigenvalue weighted by molar-refractivity contribution is 0.438. The van der Waals surface area contributed by atoms with Crippen molar-refractivity contribution in [2.75, 3.05) is 7.05 Å². The van der Waals surface area contributed by atoms with E-state index in [9.17, 15) is 0 Å². The van der Waals surface area contributed by atoms with Gasteiger partial charge in [0.15, 0.2) is 0 Å². The fourth-order valence-electron chi connectivity index (χ4n) is 0.811. The van der Waals surface area contributed by atoms with E-state index in [1.807, 2.05) is 31.0 Å². The number of hydrogen-bond donors (Lipinski definition) is 0. The van der Waals surface area contributed by atoms with Crippen LogP contribution in [0, 0.1) is 0 Å². The molecule has 3 heteroatoms. The molecule has 1 atom stereocenters. The molecule has 0 fully saturated rings. The quantitative estimate of drug-likeness (QED) is 0.407. The fourth-order valence-corrected chi connectivity index (χ4v) is 1.20. The Morgan fingerprint density at radius 1 is 1.50 bits per heavy atom. The van der Waals surface area contributed by atoms with Gasteiger partial charge >= 0.3 is 0 Å². The Labute approximate surface area is 70.9 Å². The third-order valence-corrected chi connectivity index (χ3v) is 2.57. The zero-order valence-corrected chi connectivity index (χ0v) is 7.45. The van der Waals surface area contributed by atoms with Gasteiger partial charge in [0.2, 0.25) is 0 Å². The minimum Gasteiger partial charge on any atom is -0.345 e. The molecule has 0 bridgehead atoms. The van der Waals surface area contributed by atoms with E-state index in [0.29, 0.717) is 5.16 Å². The van der Waals surface area contributed by atoms with Crippen LogP contribution in [0.25, 0.3) is 0 Å². The predicted molar refractivity (Wildman–Crippen MR) is 45.1 cm³/mol. The maximum Gasteiger partial charge on any atom is 0.126 e. The Hall–Kier alpha value is -0.140. The Bertz CT molecular complexity index is 174. The molecule has 1 unspecified atom stereocenters. The van der Waals surface area contributed by atoms with Gasteiger partial charge in [-0.2, -0.15) is 0 Å². The first-order chi connectivity index (χ1) is 4.63. The largest absolute Gasteiger partial charge is 0.345 e. The summed E-state index contributed by atoms with van der Waals surface area (Å²) in [5.74, 6) is 0. The van der Waals surface area contributed by atoms with Crippen molar-refractivity contribution in [1.29, 1.82) is 0 Å². The molecule has 1 rings (SSSR count). The highest BCUT2D eigenvalue weighted by Crippen LogP contribution is 2.24. The van der Waals surface area contributed by atoms with Gasteiger partial charge in [0, 0.05) is 7.05 Å². The topological polar surface area (TPSA) is 3.24 Å². The smallest absolute Gasteiger partial charge is 0.126 e. The summed E-state index contributed by atoms with van der Waals surface area (Å²) in [7, 11) is 1.87. The molecule has 1 aliphatic rings. The zero-order valence-electron chi connectivity index (χ0n) is 5.94. The third-order valence-electron chi connectivity index (χ3n) is 1.54. The molecule has 1 heterocycles. The van der Waals surface area contributed by atoms with E-state index in [2.05, 4.69) is 0 Å². The first-order valence-electron chi connectivity index (χ1n) is 3.04. The van der Waals surface area contributed by atoms with Crippen LogP contribution in [-0.4, -0.2) is 17.4 Å². The van der Waals surface area contributed by atoms with Crippen molar-refractivity contribution in [2.24, 2.45) is 0 Å². The van der Waals surface area contributed by atoms with Gasteiger partial charge < -0.3 is 4.90 Å². The minimum absolute atomic E-state index is 0.0856. The molecule has 0 aromatic rings. The summed E-state index contributed by atoms with van der Waals surface area (Å²) in [5.41, 5.74) is 1.03. The Morgan fingerprint density at radius 2 is 2.10 bits per heavy atom. The summed E-state index contributed by atoms with van der Waals surface area (Å²) < 4.78 is 0. The van der Waals surface area contributed by atoms with Crippen LogP contribution < -0.4 is 0 Å². The summed E-state index contributed by atoms with van der Waals surface area (Å²) in [5, 5.41) is 0.686. The summed E-state index contributed by atoms with van der Waals surface area (Å²) >= 11 is 11.7. The Balaban J connectivity index is 2.86. The van der Waals surface area contributed by atoms with Crippen molar-refractivity contribution < 1.29 is 0 Å². The van der Waals surface area contributed by atoms with Crippen molar-refractivity contribution >= 4 is 23.2 Å². The first kappa shape index (κ1) is 7.96. The third kappa shape index (κ3) is 1.30. The first-order valence-corrected chi connectivity index (χ1v) is 3.85. The molecule has 0 radical (unpaired) electrons. The summed E-state index contributed by atoms with van der Waals surface area (Å²) in [6.45, 7) is 1.98. The number of allylic oxidation sites excluding steroid dienone is 2. The van der Waals surface area contributed by atoms with Crippen molar-refractivity contribution in [3.8, 4) is 0 Å². The van der Waals surface area contributed by atoms with Crippen LogP contribution in [-0.2, 0) is 0 Å². The number of rotatable bonds is 0. The molecule has 1 nitrogen and oxygen atoms in total. The molecule has 0 aliphatic carbocycles. The highest BCUT2D eigenvalue weighted by Gasteiger charge is 2.16. The fraction of sp³-hybridized carbons (Fsp3) is 0.429. The molecule has 1 aliphatic heterocycles. The maximum atomic E-state index is 5.94. The standard InChI is InChI=1S/C7H9Cl2N/c1-5-3-4-6(8)10(2)7(5)9/h3-4,7H,1-2H3. The van der Waals surface area contributed by atoms with E-state index in [4.69, 9.17) is 23.2 Å².